The van der Waals surface area contributed by atoms with E-state index in [0.717, 1.165) is 10.6 Å². The van der Waals surface area contributed by atoms with Crippen LogP contribution in [-0.4, -0.2) is 19.7 Å². The molecular weight excluding hydrogens is 336 g/mol. The average molecular weight is 349 g/mol. The zero-order valence-corrected chi connectivity index (χ0v) is 13.6. The van der Waals surface area contributed by atoms with Crippen molar-refractivity contribution in [1.29, 1.82) is 0 Å². The fraction of sp³-hybridized carbons (Fsp3) is 0.0667. The maximum atomic E-state index is 10.0. The monoisotopic (exact) mass is 348 g/mol. The van der Waals surface area contributed by atoms with Crippen LogP contribution in [0.3, 0.4) is 0 Å². The Bertz CT molecular complexity index is 763. The molecule has 2 aromatic carbocycles. The molecule has 3 rings (SSSR count). The predicted octanol–water partition coefficient (Wildman–Crippen LogP) is 3.86. The number of hydrogen-bond acceptors (Lipinski definition) is 5. The summed E-state index contributed by atoms with van der Waals surface area (Å²) in [4.78, 5) is 9.59. The second-order valence-electron chi connectivity index (χ2n) is 4.48. The van der Waals surface area contributed by atoms with Crippen LogP contribution in [0.2, 0.25) is 5.02 Å². The van der Waals surface area contributed by atoms with E-state index >= 15 is 0 Å². The summed E-state index contributed by atoms with van der Waals surface area (Å²) in [5, 5.41) is 18.9. The number of para-hydroxylation sites is 1. The van der Waals surface area contributed by atoms with Crippen molar-refractivity contribution in [3.8, 4) is 0 Å². The fourth-order valence-electron chi connectivity index (χ4n) is 1.70. The van der Waals surface area contributed by atoms with E-state index in [1.807, 2.05) is 28.8 Å². The molecule has 1 heterocycles. The highest BCUT2D eigenvalue weighted by Crippen LogP contribution is 2.12. The summed E-state index contributed by atoms with van der Waals surface area (Å²) in [5.41, 5.74) is 1.28. The lowest BCUT2D eigenvalue weighted by atomic mass is 10.2. The highest BCUT2D eigenvalue weighted by molar-refractivity contribution is 7.80. The largest absolute Gasteiger partial charge is 0.304 e. The Morgan fingerprint density at radius 1 is 1.13 bits per heavy atom. The summed E-state index contributed by atoms with van der Waals surface area (Å²) >= 11 is 9.94. The predicted molar refractivity (Wildman–Crippen MR) is 90.9 cm³/mol. The first-order valence-corrected chi connectivity index (χ1v) is 7.39. The summed E-state index contributed by atoms with van der Waals surface area (Å²) in [5.74, 6) is 0. The number of nitro groups is 1. The van der Waals surface area contributed by atoms with Gasteiger partial charge in [0.05, 0.1) is 11.5 Å². The van der Waals surface area contributed by atoms with E-state index in [4.69, 9.17) is 11.6 Å². The molecule has 0 aliphatic rings. The van der Waals surface area contributed by atoms with Crippen molar-refractivity contribution >= 4 is 29.9 Å². The van der Waals surface area contributed by atoms with Crippen LogP contribution >= 0.6 is 24.2 Å². The summed E-state index contributed by atoms with van der Waals surface area (Å²) in [6.45, 7) is 0.711. The Balaban J connectivity index is 0.000000185. The number of nitro benzene ring substituents is 1. The zero-order chi connectivity index (χ0) is 16.7. The Kier molecular flexibility index (Phi) is 6.13. The van der Waals surface area contributed by atoms with E-state index in [1.54, 1.807) is 24.5 Å². The van der Waals surface area contributed by atoms with Gasteiger partial charge in [-0.25, -0.2) is 0 Å². The third-order valence-electron chi connectivity index (χ3n) is 2.83. The summed E-state index contributed by atoms with van der Waals surface area (Å²) in [6, 6.07) is 15.6. The molecule has 0 saturated carbocycles. The minimum Gasteiger partial charge on any atom is -0.304 e. The quantitative estimate of drug-likeness (QED) is 0.443. The van der Waals surface area contributed by atoms with Gasteiger partial charge in [0.2, 0.25) is 0 Å². The molecule has 3 aromatic rings. The molecule has 6 nitrogen and oxygen atoms in total. The molecule has 8 heteroatoms. The summed E-state index contributed by atoms with van der Waals surface area (Å²) in [7, 11) is 0. The minimum absolute atomic E-state index is 0.137. The van der Waals surface area contributed by atoms with E-state index in [2.05, 4.69) is 22.8 Å². The van der Waals surface area contributed by atoms with Crippen LogP contribution in [0, 0.1) is 10.1 Å². The minimum atomic E-state index is -0.417. The number of thiol groups is 1. The second-order valence-corrected chi connectivity index (χ2v) is 5.31. The van der Waals surface area contributed by atoms with Crippen molar-refractivity contribution in [3.05, 3.63) is 81.6 Å². The number of rotatable bonds is 3. The number of aromatic nitrogens is 3. The normalized spacial score (nSPS) is 9.83. The Morgan fingerprint density at radius 2 is 1.78 bits per heavy atom. The third kappa shape index (κ3) is 5.39. The number of halogens is 1. The molecule has 0 radical (unpaired) electrons. The Labute approximate surface area is 143 Å². The van der Waals surface area contributed by atoms with Gasteiger partial charge in [0.25, 0.3) is 5.69 Å². The van der Waals surface area contributed by atoms with Gasteiger partial charge in [-0.1, -0.05) is 41.9 Å². The standard InChI is InChI=1S/C9H8ClN3S.C6H5NO2/c10-8-3-1-7(2-4-8)5-13-6-11-12-9(13)14;8-7(9)6-4-2-1-3-5-6/h1-4,6H,5H2,(H,12,14);1-5H. The van der Waals surface area contributed by atoms with Crippen molar-refractivity contribution in [1.82, 2.24) is 14.8 Å². The molecule has 0 spiro atoms. The number of hydrogen-bond donors (Lipinski definition) is 1. The van der Waals surface area contributed by atoms with Gasteiger partial charge in [-0.3, -0.25) is 10.1 Å². The van der Waals surface area contributed by atoms with E-state index in [0.29, 0.717) is 11.7 Å². The highest BCUT2D eigenvalue weighted by atomic mass is 35.5. The molecule has 0 saturated heterocycles. The summed E-state index contributed by atoms with van der Waals surface area (Å²) < 4.78 is 1.85. The second kappa shape index (κ2) is 8.30. The lowest BCUT2D eigenvalue weighted by Gasteiger charge is -2.02. The lowest BCUT2D eigenvalue weighted by Crippen LogP contribution is -1.98. The number of benzene rings is 2. The topological polar surface area (TPSA) is 73.8 Å². The van der Waals surface area contributed by atoms with Crippen LogP contribution in [0.15, 0.2) is 66.1 Å². The van der Waals surface area contributed by atoms with Crippen LogP contribution < -0.4 is 0 Å². The van der Waals surface area contributed by atoms with Gasteiger partial charge in [-0.2, -0.15) is 0 Å². The molecule has 0 fully saturated rings. The van der Waals surface area contributed by atoms with Gasteiger partial charge in [0.1, 0.15) is 6.33 Å². The molecular formula is C15H13ClN4O2S. The molecule has 0 aliphatic heterocycles. The molecule has 0 amide bonds. The van der Waals surface area contributed by atoms with Crippen LogP contribution in [0.1, 0.15) is 5.56 Å². The molecule has 0 unspecified atom stereocenters. The highest BCUT2D eigenvalue weighted by Gasteiger charge is 2.00. The van der Waals surface area contributed by atoms with Gasteiger partial charge < -0.3 is 4.57 Å². The maximum Gasteiger partial charge on any atom is 0.269 e. The van der Waals surface area contributed by atoms with Gasteiger partial charge in [0.15, 0.2) is 5.16 Å². The van der Waals surface area contributed by atoms with Crippen LogP contribution in [0.4, 0.5) is 5.69 Å². The smallest absolute Gasteiger partial charge is 0.269 e. The van der Waals surface area contributed by atoms with Crippen molar-refractivity contribution in [3.63, 3.8) is 0 Å². The van der Waals surface area contributed by atoms with Crippen molar-refractivity contribution in [2.45, 2.75) is 11.7 Å². The van der Waals surface area contributed by atoms with Gasteiger partial charge >= 0.3 is 0 Å². The molecule has 23 heavy (non-hydrogen) atoms. The Hall–Kier alpha value is -2.38. The van der Waals surface area contributed by atoms with Crippen LogP contribution in [-0.2, 0) is 6.54 Å². The van der Waals surface area contributed by atoms with Gasteiger partial charge in [-0.05, 0) is 17.7 Å². The molecule has 0 atom stereocenters. The van der Waals surface area contributed by atoms with Crippen molar-refractivity contribution in [2.75, 3.05) is 0 Å². The fourth-order valence-corrected chi connectivity index (χ4v) is 2.00. The number of non-ortho nitro benzene ring substituents is 1. The first-order valence-electron chi connectivity index (χ1n) is 6.57. The molecule has 118 valence electrons. The molecule has 0 N–H and O–H groups in total. The van der Waals surface area contributed by atoms with Crippen molar-refractivity contribution < 1.29 is 4.92 Å². The molecule has 0 bridgehead atoms. The van der Waals surface area contributed by atoms with Crippen LogP contribution in [0.25, 0.3) is 0 Å². The van der Waals surface area contributed by atoms with E-state index in [-0.39, 0.29) is 5.69 Å². The van der Waals surface area contributed by atoms with Crippen LogP contribution in [0.5, 0.6) is 0 Å². The Morgan fingerprint density at radius 3 is 2.26 bits per heavy atom. The van der Waals surface area contributed by atoms with E-state index in [9.17, 15) is 10.1 Å². The molecule has 1 aromatic heterocycles. The number of nitrogens with zero attached hydrogens (tertiary/aromatic N) is 4. The first-order chi connectivity index (χ1) is 11.1. The lowest BCUT2D eigenvalue weighted by molar-refractivity contribution is -0.384. The zero-order valence-electron chi connectivity index (χ0n) is 11.9. The van der Waals surface area contributed by atoms with E-state index < -0.39 is 4.92 Å². The average Bonchev–Trinajstić information content (AvgIpc) is 2.96. The first kappa shape index (κ1) is 17.0. The van der Waals surface area contributed by atoms with Gasteiger partial charge in [-0.15, -0.1) is 22.8 Å². The van der Waals surface area contributed by atoms with E-state index in [1.165, 1.54) is 12.1 Å². The van der Waals surface area contributed by atoms with Crippen molar-refractivity contribution in [2.24, 2.45) is 0 Å². The SMILES string of the molecule is O=[N+]([O-])c1ccccc1.Sc1nncn1Cc1ccc(Cl)cc1. The molecule has 0 aliphatic carbocycles. The third-order valence-corrected chi connectivity index (χ3v) is 3.43. The maximum absolute atomic E-state index is 10.0. The summed E-state index contributed by atoms with van der Waals surface area (Å²) in [6.07, 6.45) is 1.65. The van der Waals surface area contributed by atoms with Gasteiger partial charge in [0, 0.05) is 17.2 Å².